The number of rotatable bonds is 1. The van der Waals surface area contributed by atoms with Crippen LogP contribution in [-0.4, -0.2) is 4.98 Å². The van der Waals surface area contributed by atoms with E-state index in [2.05, 4.69) is 4.98 Å². The zero-order valence-electron chi connectivity index (χ0n) is 6.82. The van der Waals surface area contributed by atoms with Crippen LogP contribution in [0, 0.1) is 6.92 Å². The normalized spacial score (nSPS) is 11.8. The van der Waals surface area contributed by atoms with E-state index in [0.717, 1.165) is 12.1 Å². The third-order valence-corrected chi connectivity index (χ3v) is 1.74. The highest BCUT2D eigenvalue weighted by Gasteiger charge is 2.31. The first-order valence-corrected chi connectivity index (χ1v) is 4.07. The van der Waals surface area contributed by atoms with Crippen LogP contribution < -0.4 is 0 Å². The van der Waals surface area contributed by atoms with Crippen LogP contribution in [0.4, 0.5) is 13.2 Å². The number of aryl methyl sites for hydroxylation is 1. The fourth-order valence-electron chi connectivity index (χ4n) is 0.969. The summed E-state index contributed by atoms with van der Waals surface area (Å²) in [5, 5.41) is 0. The van der Waals surface area contributed by atoms with Gasteiger partial charge < -0.3 is 0 Å². The van der Waals surface area contributed by atoms with Crippen molar-refractivity contribution < 1.29 is 13.2 Å². The van der Waals surface area contributed by atoms with Gasteiger partial charge in [0.1, 0.15) is 0 Å². The van der Waals surface area contributed by atoms with Gasteiger partial charge in [-0.2, -0.15) is 13.2 Å². The van der Waals surface area contributed by atoms with Gasteiger partial charge in [-0.3, -0.25) is 4.98 Å². The Morgan fingerprint density at radius 3 is 2.46 bits per heavy atom. The summed E-state index contributed by atoms with van der Waals surface area (Å²) in [6.45, 7) is 1.51. The molecule has 0 N–H and O–H groups in total. The van der Waals surface area contributed by atoms with Gasteiger partial charge in [-0.25, -0.2) is 0 Å². The Bertz CT molecular complexity index is 309. The molecule has 0 aliphatic rings. The lowest BCUT2D eigenvalue weighted by Crippen LogP contribution is -2.07. The first kappa shape index (κ1) is 10.3. The van der Waals surface area contributed by atoms with E-state index in [1.807, 2.05) is 0 Å². The second-order valence-electron chi connectivity index (χ2n) is 2.62. The maximum absolute atomic E-state index is 12.2. The maximum Gasteiger partial charge on any atom is 0.416 e. The fraction of sp³-hybridized carbons (Fsp3) is 0.375. The van der Waals surface area contributed by atoms with E-state index in [4.69, 9.17) is 11.6 Å². The van der Waals surface area contributed by atoms with Gasteiger partial charge in [-0.15, -0.1) is 11.6 Å². The van der Waals surface area contributed by atoms with E-state index in [9.17, 15) is 13.2 Å². The predicted molar refractivity (Wildman–Crippen MR) is 43.5 cm³/mol. The van der Waals surface area contributed by atoms with Crippen molar-refractivity contribution in [2.24, 2.45) is 0 Å². The fourth-order valence-corrected chi connectivity index (χ4v) is 1.11. The number of nitrogens with zero attached hydrogens (tertiary/aromatic N) is 1. The van der Waals surface area contributed by atoms with Crippen molar-refractivity contribution in [2.45, 2.75) is 19.0 Å². The molecule has 5 heteroatoms. The average Bonchev–Trinajstić information content (AvgIpc) is 2.01. The second kappa shape index (κ2) is 3.54. The Labute approximate surface area is 78.5 Å². The Kier molecular flexibility index (Phi) is 2.81. The Morgan fingerprint density at radius 1 is 1.38 bits per heavy atom. The molecule has 1 rings (SSSR count). The smallest absolute Gasteiger partial charge is 0.257 e. The molecule has 0 atom stereocenters. The monoisotopic (exact) mass is 209 g/mol. The maximum atomic E-state index is 12.2. The molecule has 0 aromatic carbocycles. The van der Waals surface area contributed by atoms with Crippen molar-refractivity contribution in [3.63, 3.8) is 0 Å². The molecule has 0 saturated carbocycles. The molecule has 72 valence electrons. The average molecular weight is 210 g/mol. The number of alkyl halides is 4. The molecule has 0 bridgehead atoms. The molecule has 0 aliphatic carbocycles. The standard InChI is InChI=1S/C8H7ClF3N/c1-5-2-6(8(10,11)12)3-7(4-9)13-5/h2-3H,4H2,1H3. The molecule has 0 saturated heterocycles. The van der Waals surface area contributed by atoms with Crippen LogP contribution in [0.3, 0.4) is 0 Å². The molecular formula is C8H7ClF3N. The lowest BCUT2D eigenvalue weighted by molar-refractivity contribution is -0.137. The molecule has 0 aliphatic heterocycles. The summed E-state index contributed by atoms with van der Waals surface area (Å²) in [5.41, 5.74) is -0.130. The first-order chi connectivity index (χ1) is 5.93. The second-order valence-corrected chi connectivity index (χ2v) is 2.89. The van der Waals surface area contributed by atoms with Crippen LogP contribution in [-0.2, 0) is 12.1 Å². The van der Waals surface area contributed by atoms with E-state index < -0.39 is 11.7 Å². The molecule has 0 unspecified atom stereocenters. The summed E-state index contributed by atoms with van der Waals surface area (Å²) >= 11 is 5.39. The highest BCUT2D eigenvalue weighted by atomic mass is 35.5. The van der Waals surface area contributed by atoms with Crippen LogP contribution in [0.2, 0.25) is 0 Å². The lowest BCUT2D eigenvalue weighted by Gasteiger charge is -2.08. The molecule has 0 radical (unpaired) electrons. The summed E-state index contributed by atoms with van der Waals surface area (Å²) in [4.78, 5) is 3.83. The number of halogens is 4. The number of hydrogen-bond acceptors (Lipinski definition) is 1. The third-order valence-electron chi connectivity index (χ3n) is 1.47. The highest BCUT2D eigenvalue weighted by molar-refractivity contribution is 6.16. The minimum atomic E-state index is -4.32. The van der Waals surface area contributed by atoms with Crippen molar-refractivity contribution >= 4 is 11.6 Å². The van der Waals surface area contributed by atoms with Crippen molar-refractivity contribution in [1.82, 2.24) is 4.98 Å². The zero-order valence-corrected chi connectivity index (χ0v) is 7.58. The van der Waals surface area contributed by atoms with Crippen LogP contribution in [0.15, 0.2) is 12.1 Å². The minimum absolute atomic E-state index is 0.00917. The predicted octanol–water partition coefficient (Wildman–Crippen LogP) is 3.15. The zero-order chi connectivity index (χ0) is 10.1. The topological polar surface area (TPSA) is 12.9 Å². The van der Waals surface area contributed by atoms with Gasteiger partial charge in [0.2, 0.25) is 0 Å². The summed E-state index contributed by atoms with van der Waals surface area (Å²) in [7, 11) is 0. The van der Waals surface area contributed by atoms with E-state index >= 15 is 0 Å². The van der Waals surface area contributed by atoms with Crippen molar-refractivity contribution in [3.8, 4) is 0 Å². The lowest BCUT2D eigenvalue weighted by atomic mass is 10.2. The number of hydrogen-bond donors (Lipinski definition) is 0. The van der Waals surface area contributed by atoms with Crippen LogP contribution >= 0.6 is 11.6 Å². The summed E-state index contributed by atoms with van der Waals surface area (Å²) in [5.74, 6) is -0.00917. The van der Waals surface area contributed by atoms with E-state index in [0.29, 0.717) is 5.69 Å². The molecule has 0 fully saturated rings. The Balaban J connectivity index is 3.16. The van der Waals surface area contributed by atoms with Crippen molar-refractivity contribution in [2.75, 3.05) is 0 Å². The number of aromatic nitrogens is 1. The van der Waals surface area contributed by atoms with Gasteiger partial charge in [0.25, 0.3) is 0 Å². The van der Waals surface area contributed by atoms with Crippen molar-refractivity contribution in [3.05, 3.63) is 29.1 Å². The van der Waals surface area contributed by atoms with Gasteiger partial charge in [-0.1, -0.05) is 0 Å². The van der Waals surface area contributed by atoms with Crippen LogP contribution in [0.1, 0.15) is 17.0 Å². The quantitative estimate of drug-likeness (QED) is 0.648. The third kappa shape index (κ3) is 2.59. The Morgan fingerprint density at radius 2 is 2.00 bits per heavy atom. The highest BCUT2D eigenvalue weighted by Crippen LogP contribution is 2.29. The molecule has 1 aromatic heterocycles. The van der Waals surface area contributed by atoms with Gasteiger partial charge in [0.15, 0.2) is 0 Å². The summed E-state index contributed by atoms with van der Waals surface area (Å²) in [6.07, 6.45) is -4.32. The van der Waals surface area contributed by atoms with E-state index in [1.54, 1.807) is 0 Å². The Hall–Kier alpha value is -0.770. The summed E-state index contributed by atoms with van der Waals surface area (Å²) < 4.78 is 36.6. The molecule has 1 nitrogen and oxygen atoms in total. The van der Waals surface area contributed by atoms with Crippen LogP contribution in [0.5, 0.6) is 0 Å². The van der Waals surface area contributed by atoms with Gasteiger partial charge in [-0.05, 0) is 19.1 Å². The van der Waals surface area contributed by atoms with Gasteiger partial charge >= 0.3 is 6.18 Å². The van der Waals surface area contributed by atoms with E-state index in [1.165, 1.54) is 6.92 Å². The molecular weight excluding hydrogens is 203 g/mol. The molecule has 1 aromatic rings. The molecule has 1 heterocycles. The van der Waals surface area contributed by atoms with Crippen LogP contribution in [0.25, 0.3) is 0 Å². The van der Waals surface area contributed by atoms with Crippen molar-refractivity contribution in [1.29, 1.82) is 0 Å². The largest absolute Gasteiger partial charge is 0.416 e. The molecule has 0 spiro atoms. The first-order valence-electron chi connectivity index (χ1n) is 3.54. The number of pyridine rings is 1. The molecule has 0 amide bonds. The minimum Gasteiger partial charge on any atom is -0.257 e. The summed E-state index contributed by atoms with van der Waals surface area (Å²) in [6, 6.07) is 1.95. The van der Waals surface area contributed by atoms with Gasteiger partial charge in [0.05, 0.1) is 17.1 Å². The van der Waals surface area contributed by atoms with Gasteiger partial charge in [0, 0.05) is 5.69 Å². The SMILES string of the molecule is Cc1cc(C(F)(F)F)cc(CCl)n1. The van der Waals surface area contributed by atoms with E-state index in [-0.39, 0.29) is 11.6 Å². The molecule has 13 heavy (non-hydrogen) atoms.